The first kappa shape index (κ1) is 48.8. The Morgan fingerprint density at radius 3 is 2.33 bits per heavy atom. The third-order valence-corrected chi connectivity index (χ3v) is 9.79. The molecule has 2 aliphatic heterocycles. The molecule has 2 aliphatic rings. The van der Waals surface area contributed by atoms with Crippen LogP contribution in [0.2, 0.25) is 0 Å². The molecular weight excluding hydrogens is 732 g/mol. The summed E-state index contributed by atoms with van der Waals surface area (Å²) < 4.78 is 28.5. The molecule has 4 rings (SSSR count). The Labute approximate surface area is 333 Å². The topological polar surface area (TPSA) is 223 Å². The highest BCUT2D eigenvalue weighted by atomic mass is 32.2. The quantitative estimate of drug-likeness (QED) is 0.0798. The Morgan fingerprint density at radius 1 is 1.13 bits per heavy atom. The van der Waals surface area contributed by atoms with Gasteiger partial charge in [-0.15, -0.1) is 0 Å². The van der Waals surface area contributed by atoms with Gasteiger partial charge in [0.1, 0.15) is 24.2 Å². The zero-order valence-corrected chi connectivity index (χ0v) is 33.9. The van der Waals surface area contributed by atoms with Crippen LogP contribution in [0.4, 0.5) is 14.0 Å². The molecule has 2 aromatic rings. The van der Waals surface area contributed by atoms with E-state index < -0.39 is 36.0 Å². The second-order valence-corrected chi connectivity index (χ2v) is 15.1. The average molecular weight is 799 g/mol. The number of aliphatic hydroxyl groups excluding tert-OH is 1. The zero-order valence-electron chi connectivity index (χ0n) is 33.1. The first-order valence-corrected chi connectivity index (χ1v) is 18.9. The van der Waals surface area contributed by atoms with Crippen LogP contribution in [0.15, 0.2) is 59.5 Å². The van der Waals surface area contributed by atoms with Gasteiger partial charge in [0.05, 0.1) is 19.1 Å². The lowest BCUT2D eigenvalue weighted by molar-refractivity contribution is -0.136. The van der Waals surface area contributed by atoms with Gasteiger partial charge < -0.3 is 46.5 Å². The fraction of sp³-hybridized carbons (Fsp3) is 0.538. The molecule has 16 heteroatoms. The normalized spacial score (nSPS) is 17.1. The second-order valence-electron chi connectivity index (χ2n) is 14.4. The highest BCUT2D eigenvalue weighted by Crippen LogP contribution is 2.29. The largest absolute Gasteiger partial charge is 0.444 e. The van der Waals surface area contributed by atoms with Crippen LogP contribution < -0.4 is 16.8 Å². The van der Waals surface area contributed by atoms with E-state index in [0.29, 0.717) is 12.0 Å². The molecule has 0 aliphatic carbocycles. The molecule has 4 atom stereocenters. The average Bonchev–Trinajstić information content (AvgIpc) is 3.74. The molecule has 2 heterocycles. The number of amides is 5. The number of ether oxygens (including phenoxy) is 1. The van der Waals surface area contributed by atoms with Crippen LogP contribution in [-0.2, 0) is 27.4 Å². The summed E-state index contributed by atoms with van der Waals surface area (Å²) in [6.07, 6.45) is 5.51. The van der Waals surface area contributed by atoms with E-state index in [1.165, 1.54) is 22.8 Å². The number of carbonyl (C=O) groups excluding carboxylic acids is 4. The number of unbranched alkanes of at least 4 members (excludes halogenated alkanes) is 3. The molecule has 1 fully saturated rings. The number of carbonyl (C=O) groups is 4. The van der Waals surface area contributed by atoms with Gasteiger partial charge in [0.15, 0.2) is 0 Å². The van der Waals surface area contributed by atoms with E-state index in [-0.39, 0.29) is 59.5 Å². The summed E-state index contributed by atoms with van der Waals surface area (Å²) in [6.45, 7) is 11.3. The Kier molecular flexibility index (Phi) is 21.0. The minimum atomic E-state index is -1.36. The molecule has 0 saturated carbocycles. The summed E-state index contributed by atoms with van der Waals surface area (Å²) in [5.74, 6) is -1.08. The zero-order chi connectivity index (χ0) is 40.6. The summed E-state index contributed by atoms with van der Waals surface area (Å²) in [7, 11) is 1.67. The van der Waals surface area contributed by atoms with Crippen molar-refractivity contribution in [2.45, 2.75) is 128 Å². The molecule has 0 bridgehead atoms. The summed E-state index contributed by atoms with van der Waals surface area (Å²) in [4.78, 5) is 54.3. The molecule has 1 saturated heterocycles. The number of hydrogen-bond donors (Lipinski definition) is 5. The number of urea groups is 1. The van der Waals surface area contributed by atoms with Crippen LogP contribution in [0.3, 0.4) is 0 Å². The second kappa shape index (κ2) is 23.6. The van der Waals surface area contributed by atoms with E-state index >= 15 is 0 Å². The Balaban J connectivity index is -0.00000152. The molecular formula is C39H67FN6O8S. The number of nitrogens with two attached hydrogens (primary N) is 2. The number of likely N-dealkylation sites (tertiary alicyclic amines) is 1. The van der Waals surface area contributed by atoms with E-state index in [9.17, 15) is 28.7 Å². The predicted molar refractivity (Wildman–Crippen MR) is 218 cm³/mol. The molecule has 0 spiro atoms. The van der Waals surface area contributed by atoms with Gasteiger partial charge in [-0.2, -0.15) is 0 Å². The van der Waals surface area contributed by atoms with Gasteiger partial charge in [-0.1, -0.05) is 55.3 Å². The van der Waals surface area contributed by atoms with E-state index in [1.807, 2.05) is 65.0 Å². The van der Waals surface area contributed by atoms with Crippen LogP contribution in [0.25, 0.3) is 0 Å². The van der Waals surface area contributed by atoms with Gasteiger partial charge >= 0.3 is 12.1 Å². The van der Waals surface area contributed by atoms with Crippen molar-refractivity contribution in [1.82, 2.24) is 20.0 Å². The maximum Gasteiger partial charge on any atom is 0.410 e. The molecule has 314 valence electrons. The number of nitrogens with one attached hydrogen (secondary N) is 1. The predicted octanol–water partition coefficient (Wildman–Crippen LogP) is 5.82. The Morgan fingerprint density at radius 2 is 1.78 bits per heavy atom. The van der Waals surface area contributed by atoms with Crippen LogP contribution in [0.1, 0.15) is 94.1 Å². The van der Waals surface area contributed by atoms with Crippen LogP contribution in [0.5, 0.6) is 0 Å². The summed E-state index contributed by atoms with van der Waals surface area (Å²) in [5, 5.41) is 13.2. The summed E-state index contributed by atoms with van der Waals surface area (Å²) >= 11 is 0.795. The SMILES string of the molecule is C/C=C\CCCCC[C@H](NC(=O)N(C)C(C)(C)C)C(=O)N1C[C@H](OC(=O)N2Cc3cccc(F)c3C2)CC1C(N)O.CC(N)=O.Cc1ccccc1SO.O.[HH].[HH].[HH]. The van der Waals surface area contributed by atoms with E-state index in [1.54, 1.807) is 24.1 Å². The molecule has 9 N–H and O–H groups in total. The van der Waals surface area contributed by atoms with Gasteiger partial charge in [-0.3, -0.25) is 14.5 Å². The van der Waals surface area contributed by atoms with Crippen molar-refractivity contribution >= 4 is 36.0 Å². The maximum atomic E-state index is 14.2. The smallest absolute Gasteiger partial charge is 0.410 e. The molecule has 0 radical (unpaired) electrons. The number of nitrogens with zero attached hydrogens (tertiary/aromatic N) is 3. The van der Waals surface area contributed by atoms with Crippen molar-refractivity contribution in [2.24, 2.45) is 11.5 Å². The van der Waals surface area contributed by atoms with Gasteiger partial charge in [0.25, 0.3) is 0 Å². The van der Waals surface area contributed by atoms with E-state index in [0.717, 1.165) is 53.7 Å². The number of aliphatic hydroxyl groups is 1. The highest BCUT2D eigenvalue weighted by Gasteiger charge is 2.43. The Bertz CT molecular complexity index is 1590. The first-order valence-electron chi connectivity index (χ1n) is 18.2. The number of aryl methyl sites for hydroxylation is 1. The van der Waals surface area contributed by atoms with E-state index in [2.05, 4.69) is 17.1 Å². The lowest BCUT2D eigenvalue weighted by Crippen LogP contribution is -2.57. The fourth-order valence-electron chi connectivity index (χ4n) is 5.84. The monoisotopic (exact) mass is 798 g/mol. The number of primary amides is 1. The lowest BCUT2D eigenvalue weighted by atomic mass is 10.0. The van der Waals surface area contributed by atoms with E-state index in [4.69, 9.17) is 15.0 Å². The van der Waals surface area contributed by atoms with Crippen molar-refractivity contribution in [3.05, 3.63) is 77.1 Å². The van der Waals surface area contributed by atoms with Crippen molar-refractivity contribution in [1.29, 1.82) is 0 Å². The number of rotatable bonds is 11. The van der Waals surface area contributed by atoms with Crippen molar-refractivity contribution in [2.75, 3.05) is 13.6 Å². The summed E-state index contributed by atoms with van der Waals surface area (Å²) in [5.41, 5.74) is 12.2. The molecule has 2 aromatic carbocycles. The molecule has 5 amide bonds. The van der Waals surface area contributed by atoms with Crippen LogP contribution >= 0.6 is 12.0 Å². The number of fused-ring (bicyclic) bond motifs is 1. The fourth-order valence-corrected chi connectivity index (χ4v) is 6.19. The van der Waals surface area contributed by atoms with Crippen LogP contribution in [-0.4, -0.2) is 97.3 Å². The minimum absolute atomic E-state index is 0. The number of hydrogen-bond acceptors (Lipinski definition) is 9. The van der Waals surface area contributed by atoms with Crippen molar-refractivity contribution in [3.8, 4) is 0 Å². The van der Waals surface area contributed by atoms with Crippen LogP contribution in [0, 0.1) is 12.7 Å². The molecule has 2 unspecified atom stereocenters. The molecule has 0 aromatic heterocycles. The molecule has 55 heavy (non-hydrogen) atoms. The number of allylic oxidation sites excluding steroid dienone is 2. The minimum Gasteiger partial charge on any atom is -0.444 e. The highest BCUT2D eigenvalue weighted by molar-refractivity contribution is 7.93. The van der Waals surface area contributed by atoms with Gasteiger partial charge in [0, 0.05) is 59.3 Å². The van der Waals surface area contributed by atoms with Gasteiger partial charge in [-0.05, 0) is 77.1 Å². The number of benzene rings is 2. The third kappa shape index (κ3) is 15.8. The Hall–Kier alpha value is -4.22. The first-order chi connectivity index (χ1) is 25.4. The van der Waals surface area contributed by atoms with Crippen molar-refractivity contribution in [3.63, 3.8) is 0 Å². The maximum absolute atomic E-state index is 14.2. The van der Waals surface area contributed by atoms with Gasteiger partial charge in [-0.25, -0.2) is 14.0 Å². The third-order valence-electron chi connectivity index (χ3n) is 9.13. The van der Waals surface area contributed by atoms with Gasteiger partial charge in [0.2, 0.25) is 11.8 Å². The lowest BCUT2D eigenvalue weighted by Gasteiger charge is -2.35. The number of halogens is 1. The standard InChI is InChI=1S/C30H46FN5O5.C7H8OS.C2H5NO.H2O.3H2/c1-6-7-8-9-10-11-15-24(33-28(39)34(5)30(2,3)4)27(38)36-18-21(16-25(36)26(32)37)41-29(40)35-17-20-13-12-14-23(31)22(20)19-35;1-6-4-2-3-5-7(6)9-8;1-2(3)4;;;;/h6-7,12-14,21,24-26,37H,8-11,15-19,32H2,1-5H3,(H,33,39);2-5,8H,1H3;1H3,(H2,3,4);1H2;3*1H/b7-6-;;;;;;/t21-,24+,25?,26?;;;;;;/m1....../s1. The van der Waals surface area contributed by atoms with Crippen molar-refractivity contribution < 1.29 is 47.7 Å². The molecule has 14 nitrogen and oxygen atoms in total. The summed E-state index contributed by atoms with van der Waals surface area (Å²) in [6, 6.07) is 10.5.